The molecule has 0 amide bonds. The van der Waals surface area contributed by atoms with Crippen molar-refractivity contribution in [2.45, 2.75) is 53.1 Å². The van der Waals surface area contributed by atoms with Gasteiger partial charge >= 0.3 is 0 Å². The normalized spacial score (nSPS) is 25.4. The first-order valence-electron chi connectivity index (χ1n) is 6.48. The Hall–Kier alpha value is -0.0800. The smallest absolute Gasteiger partial charge is 0.00618 e. The molecule has 0 aromatic rings. The van der Waals surface area contributed by atoms with Crippen LogP contribution in [0.25, 0.3) is 0 Å². The molecule has 2 nitrogen and oxygen atoms in total. The van der Waals surface area contributed by atoms with Crippen molar-refractivity contribution in [2.75, 3.05) is 19.6 Å². The number of likely N-dealkylation sites (tertiary alicyclic amines) is 1. The predicted octanol–water partition coefficient (Wildman–Crippen LogP) is 2.35. The van der Waals surface area contributed by atoms with Gasteiger partial charge in [-0.2, -0.15) is 0 Å². The molecule has 1 saturated heterocycles. The maximum Gasteiger partial charge on any atom is 0.00618 e. The highest BCUT2D eigenvalue weighted by Crippen LogP contribution is 2.18. The Balaban J connectivity index is 2.19. The standard InChI is InChI=1S/C13H28N2/c1-10(2)12(5)14-8-13-6-7-15(9-13)11(3)4/h10-14H,6-9H2,1-5H3. The lowest BCUT2D eigenvalue weighted by molar-refractivity contribution is 0.261. The Labute approximate surface area is 95.4 Å². The second-order valence-corrected chi connectivity index (χ2v) is 5.68. The van der Waals surface area contributed by atoms with Crippen molar-refractivity contribution in [1.29, 1.82) is 0 Å². The van der Waals surface area contributed by atoms with Crippen LogP contribution in [-0.4, -0.2) is 36.6 Å². The summed E-state index contributed by atoms with van der Waals surface area (Å²) in [5.74, 6) is 1.61. The summed E-state index contributed by atoms with van der Waals surface area (Å²) in [5, 5.41) is 3.66. The van der Waals surface area contributed by atoms with E-state index in [0.29, 0.717) is 6.04 Å². The average molecular weight is 212 g/mol. The van der Waals surface area contributed by atoms with Crippen molar-refractivity contribution in [1.82, 2.24) is 10.2 Å². The van der Waals surface area contributed by atoms with Crippen LogP contribution in [0.2, 0.25) is 0 Å². The first-order chi connectivity index (χ1) is 7.00. The minimum atomic E-state index is 0.651. The topological polar surface area (TPSA) is 15.3 Å². The van der Waals surface area contributed by atoms with E-state index in [9.17, 15) is 0 Å². The summed E-state index contributed by atoms with van der Waals surface area (Å²) in [6.45, 7) is 15.2. The van der Waals surface area contributed by atoms with Crippen LogP contribution in [-0.2, 0) is 0 Å². The van der Waals surface area contributed by atoms with Crippen molar-refractivity contribution in [3.05, 3.63) is 0 Å². The second kappa shape index (κ2) is 5.86. The van der Waals surface area contributed by atoms with Crippen LogP contribution in [0.15, 0.2) is 0 Å². The van der Waals surface area contributed by atoms with Crippen LogP contribution in [0.4, 0.5) is 0 Å². The summed E-state index contributed by atoms with van der Waals surface area (Å²) >= 11 is 0. The zero-order valence-corrected chi connectivity index (χ0v) is 11.1. The zero-order valence-electron chi connectivity index (χ0n) is 11.1. The second-order valence-electron chi connectivity index (χ2n) is 5.68. The van der Waals surface area contributed by atoms with Gasteiger partial charge in [0.2, 0.25) is 0 Å². The lowest BCUT2D eigenvalue weighted by Crippen LogP contribution is -2.36. The third-order valence-electron chi connectivity index (χ3n) is 3.78. The van der Waals surface area contributed by atoms with E-state index in [1.165, 1.54) is 26.1 Å². The molecule has 1 aliphatic heterocycles. The van der Waals surface area contributed by atoms with Crippen molar-refractivity contribution < 1.29 is 0 Å². The van der Waals surface area contributed by atoms with Gasteiger partial charge in [0.15, 0.2) is 0 Å². The molecule has 0 aromatic carbocycles. The van der Waals surface area contributed by atoms with E-state index in [1.807, 2.05) is 0 Å². The number of nitrogens with zero attached hydrogens (tertiary/aromatic N) is 1. The molecule has 0 saturated carbocycles. The molecule has 1 heterocycles. The van der Waals surface area contributed by atoms with Gasteiger partial charge in [-0.3, -0.25) is 0 Å². The number of hydrogen-bond acceptors (Lipinski definition) is 2. The van der Waals surface area contributed by atoms with Gasteiger partial charge in [0.05, 0.1) is 0 Å². The van der Waals surface area contributed by atoms with Crippen LogP contribution in [0, 0.1) is 11.8 Å². The number of hydrogen-bond donors (Lipinski definition) is 1. The lowest BCUT2D eigenvalue weighted by Gasteiger charge is -2.22. The minimum Gasteiger partial charge on any atom is -0.314 e. The fraction of sp³-hybridized carbons (Fsp3) is 1.00. The third kappa shape index (κ3) is 4.12. The monoisotopic (exact) mass is 212 g/mol. The Bertz CT molecular complexity index is 177. The fourth-order valence-electron chi connectivity index (χ4n) is 2.09. The average Bonchev–Trinajstić information content (AvgIpc) is 2.62. The molecule has 0 aliphatic carbocycles. The third-order valence-corrected chi connectivity index (χ3v) is 3.78. The molecular weight excluding hydrogens is 184 g/mol. The first-order valence-corrected chi connectivity index (χ1v) is 6.48. The molecule has 0 radical (unpaired) electrons. The van der Waals surface area contributed by atoms with Gasteiger partial charge in [0.1, 0.15) is 0 Å². The van der Waals surface area contributed by atoms with Gasteiger partial charge < -0.3 is 10.2 Å². The maximum absolute atomic E-state index is 3.66. The first kappa shape index (κ1) is 13.0. The highest BCUT2D eigenvalue weighted by Gasteiger charge is 2.24. The van der Waals surface area contributed by atoms with E-state index >= 15 is 0 Å². The van der Waals surface area contributed by atoms with Crippen molar-refractivity contribution in [3.63, 3.8) is 0 Å². The molecule has 0 bridgehead atoms. The molecule has 0 spiro atoms. The largest absolute Gasteiger partial charge is 0.314 e. The van der Waals surface area contributed by atoms with E-state index in [2.05, 4.69) is 44.8 Å². The van der Waals surface area contributed by atoms with Gasteiger partial charge in [0.25, 0.3) is 0 Å². The van der Waals surface area contributed by atoms with Gasteiger partial charge in [-0.05, 0) is 52.1 Å². The van der Waals surface area contributed by atoms with E-state index < -0.39 is 0 Å². The van der Waals surface area contributed by atoms with E-state index in [0.717, 1.165) is 17.9 Å². The molecular formula is C13H28N2. The summed E-state index contributed by atoms with van der Waals surface area (Å²) in [5.41, 5.74) is 0. The lowest BCUT2D eigenvalue weighted by atomic mass is 10.0. The predicted molar refractivity (Wildman–Crippen MR) is 67.1 cm³/mol. The Morgan fingerprint density at radius 1 is 1.20 bits per heavy atom. The molecule has 1 N–H and O–H groups in total. The molecule has 2 unspecified atom stereocenters. The van der Waals surface area contributed by atoms with Crippen molar-refractivity contribution in [3.8, 4) is 0 Å². The van der Waals surface area contributed by atoms with Gasteiger partial charge in [0, 0.05) is 18.6 Å². The molecule has 1 aliphatic rings. The molecule has 1 rings (SSSR count). The molecule has 15 heavy (non-hydrogen) atoms. The van der Waals surface area contributed by atoms with Crippen LogP contribution < -0.4 is 5.32 Å². The summed E-state index contributed by atoms with van der Waals surface area (Å²) in [6, 6.07) is 1.37. The van der Waals surface area contributed by atoms with E-state index in [1.54, 1.807) is 0 Å². The molecule has 0 aromatic heterocycles. The highest BCUT2D eigenvalue weighted by molar-refractivity contribution is 4.80. The van der Waals surface area contributed by atoms with Gasteiger partial charge in [-0.1, -0.05) is 13.8 Å². The Morgan fingerprint density at radius 3 is 2.33 bits per heavy atom. The van der Waals surface area contributed by atoms with E-state index in [4.69, 9.17) is 0 Å². The minimum absolute atomic E-state index is 0.651. The Morgan fingerprint density at radius 2 is 1.87 bits per heavy atom. The molecule has 2 heteroatoms. The van der Waals surface area contributed by atoms with Crippen LogP contribution in [0.3, 0.4) is 0 Å². The summed E-state index contributed by atoms with van der Waals surface area (Å²) < 4.78 is 0. The molecule has 2 atom stereocenters. The molecule has 90 valence electrons. The van der Waals surface area contributed by atoms with Crippen LogP contribution >= 0.6 is 0 Å². The van der Waals surface area contributed by atoms with Gasteiger partial charge in [-0.15, -0.1) is 0 Å². The Kier molecular flexibility index (Phi) is 5.07. The fourth-order valence-corrected chi connectivity index (χ4v) is 2.09. The highest BCUT2D eigenvalue weighted by atomic mass is 15.2. The molecule has 1 fully saturated rings. The quantitative estimate of drug-likeness (QED) is 0.752. The SMILES string of the molecule is CC(C)C(C)NCC1CCN(C(C)C)C1. The summed E-state index contributed by atoms with van der Waals surface area (Å²) in [6.07, 6.45) is 1.37. The number of nitrogens with one attached hydrogen (secondary N) is 1. The van der Waals surface area contributed by atoms with E-state index in [-0.39, 0.29) is 0 Å². The number of rotatable bonds is 5. The van der Waals surface area contributed by atoms with Crippen LogP contribution in [0.1, 0.15) is 41.0 Å². The maximum atomic E-state index is 3.66. The van der Waals surface area contributed by atoms with Crippen molar-refractivity contribution >= 4 is 0 Å². The van der Waals surface area contributed by atoms with Gasteiger partial charge in [-0.25, -0.2) is 0 Å². The van der Waals surface area contributed by atoms with Crippen LogP contribution in [0.5, 0.6) is 0 Å². The van der Waals surface area contributed by atoms with Crippen molar-refractivity contribution in [2.24, 2.45) is 11.8 Å². The summed E-state index contributed by atoms with van der Waals surface area (Å²) in [7, 11) is 0. The zero-order chi connectivity index (χ0) is 11.4. The summed E-state index contributed by atoms with van der Waals surface area (Å²) in [4.78, 5) is 2.59.